The van der Waals surface area contributed by atoms with Gasteiger partial charge in [-0.15, -0.1) is 0 Å². The number of nitrogen functional groups attached to an aromatic ring is 1. The summed E-state index contributed by atoms with van der Waals surface area (Å²) in [6, 6.07) is 1.82. The number of nitrogens with zero attached hydrogens (tertiary/aromatic N) is 2. The van der Waals surface area contributed by atoms with E-state index in [1.165, 1.54) is 19.3 Å². The van der Waals surface area contributed by atoms with Gasteiger partial charge in [0, 0.05) is 6.20 Å². The number of anilines is 1. The first-order chi connectivity index (χ1) is 9.06. The fourth-order valence-electron chi connectivity index (χ4n) is 3.11. The standard InChI is InChI=1S/C15H27N3O/c1-11(2)13-5-4-12(3)10-14(13)19-9-8-18-7-6-15(16)17-18/h6-7,11-14H,4-5,8-10H2,1-3H3,(H2,16,17). The van der Waals surface area contributed by atoms with Gasteiger partial charge in [0.2, 0.25) is 0 Å². The van der Waals surface area contributed by atoms with Crippen LogP contribution in [0.1, 0.15) is 40.0 Å². The van der Waals surface area contributed by atoms with Gasteiger partial charge in [0.15, 0.2) is 0 Å². The molecule has 1 aromatic heterocycles. The minimum atomic E-state index is 0.414. The summed E-state index contributed by atoms with van der Waals surface area (Å²) in [7, 11) is 0. The Morgan fingerprint density at radius 1 is 1.47 bits per heavy atom. The molecule has 0 saturated heterocycles. The molecular formula is C15H27N3O. The second-order valence-corrected chi connectivity index (χ2v) is 6.24. The smallest absolute Gasteiger partial charge is 0.145 e. The monoisotopic (exact) mass is 265 g/mol. The SMILES string of the molecule is CC1CCC(C(C)C)C(OCCn2ccc(N)n2)C1. The zero-order chi connectivity index (χ0) is 13.8. The van der Waals surface area contributed by atoms with Crippen molar-refractivity contribution in [2.24, 2.45) is 17.8 Å². The van der Waals surface area contributed by atoms with Crippen LogP contribution in [0.25, 0.3) is 0 Å². The van der Waals surface area contributed by atoms with E-state index >= 15 is 0 Å². The normalized spacial score (nSPS) is 27.9. The maximum absolute atomic E-state index is 6.14. The average Bonchev–Trinajstić information content (AvgIpc) is 2.75. The molecule has 1 aromatic rings. The largest absolute Gasteiger partial charge is 0.382 e. The van der Waals surface area contributed by atoms with Crippen LogP contribution < -0.4 is 5.73 Å². The summed E-state index contributed by atoms with van der Waals surface area (Å²) < 4.78 is 7.99. The van der Waals surface area contributed by atoms with Crippen LogP contribution in [-0.4, -0.2) is 22.5 Å². The van der Waals surface area contributed by atoms with E-state index < -0.39 is 0 Å². The molecule has 4 heteroatoms. The van der Waals surface area contributed by atoms with Crippen molar-refractivity contribution in [2.75, 3.05) is 12.3 Å². The molecule has 0 bridgehead atoms. The molecule has 3 unspecified atom stereocenters. The van der Waals surface area contributed by atoms with Crippen molar-refractivity contribution < 1.29 is 4.74 Å². The lowest BCUT2D eigenvalue weighted by Gasteiger charge is -2.37. The zero-order valence-corrected chi connectivity index (χ0v) is 12.4. The number of ether oxygens (including phenoxy) is 1. The zero-order valence-electron chi connectivity index (χ0n) is 12.4. The molecule has 0 radical (unpaired) electrons. The second-order valence-electron chi connectivity index (χ2n) is 6.24. The van der Waals surface area contributed by atoms with E-state index in [-0.39, 0.29) is 0 Å². The van der Waals surface area contributed by atoms with Crippen LogP contribution in [0.5, 0.6) is 0 Å². The van der Waals surface area contributed by atoms with Crippen molar-refractivity contribution in [3.05, 3.63) is 12.3 Å². The molecule has 4 nitrogen and oxygen atoms in total. The Labute approximate surface area is 116 Å². The Balaban J connectivity index is 1.82. The van der Waals surface area contributed by atoms with Gasteiger partial charge in [-0.05, 0) is 36.7 Å². The van der Waals surface area contributed by atoms with E-state index in [1.807, 2.05) is 16.9 Å². The van der Waals surface area contributed by atoms with Crippen molar-refractivity contribution in [3.8, 4) is 0 Å². The van der Waals surface area contributed by atoms with Crippen LogP contribution in [0.4, 0.5) is 5.82 Å². The lowest BCUT2D eigenvalue weighted by atomic mass is 9.75. The van der Waals surface area contributed by atoms with Crippen molar-refractivity contribution in [1.82, 2.24) is 9.78 Å². The van der Waals surface area contributed by atoms with Crippen LogP contribution in [0.15, 0.2) is 12.3 Å². The summed E-state index contributed by atoms with van der Waals surface area (Å²) in [5.41, 5.74) is 5.60. The van der Waals surface area contributed by atoms with Gasteiger partial charge in [0.1, 0.15) is 5.82 Å². The van der Waals surface area contributed by atoms with Crippen molar-refractivity contribution in [1.29, 1.82) is 0 Å². The van der Waals surface area contributed by atoms with E-state index in [0.29, 0.717) is 23.8 Å². The lowest BCUT2D eigenvalue weighted by Crippen LogP contribution is -2.35. The topological polar surface area (TPSA) is 53.1 Å². The fraction of sp³-hybridized carbons (Fsp3) is 0.800. The molecule has 1 saturated carbocycles. The summed E-state index contributed by atoms with van der Waals surface area (Å²) in [5, 5.41) is 4.18. The minimum Gasteiger partial charge on any atom is -0.382 e. The summed E-state index contributed by atoms with van der Waals surface area (Å²) >= 11 is 0. The fourth-order valence-corrected chi connectivity index (χ4v) is 3.11. The number of hydrogen-bond acceptors (Lipinski definition) is 3. The number of hydrogen-bond donors (Lipinski definition) is 1. The predicted octanol–water partition coefficient (Wildman–Crippen LogP) is 2.94. The summed E-state index contributed by atoms with van der Waals surface area (Å²) in [6.07, 6.45) is 6.17. The molecule has 0 aromatic carbocycles. The van der Waals surface area contributed by atoms with E-state index in [1.54, 1.807) is 0 Å². The molecule has 1 heterocycles. The van der Waals surface area contributed by atoms with Crippen LogP contribution in [-0.2, 0) is 11.3 Å². The van der Waals surface area contributed by atoms with E-state index in [2.05, 4.69) is 25.9 Å². The van der Waals surface area contributed by atoms with Crippen LogP contribution in [0.2, 0.25) is 0 Å². The molecule has 1 fully saturated rings. The molecule has 0 spiro atoms. The highest BCUT2D eigenvalue weighted by molar-refractivity contribution is 5.23. The Kier molecular flexibility index (Phi) is 4.86. The summed E-state index contributed by atoms with van der Waals surface area (Å²) in [6.45, 7) is 8.46. The van der Waals surface area contributed by atoms with Gasteiger partial charge < -0.3 is 10.5 Å². The van der Waals surface area contributed by atoms with Crippen LogP contribution >= 0.6 is 0 Å². The third kappa shape index (κ3) is 3.96. The molecular weight excluding hydrogens is 238 g/mol. The third-order valence-electron chi connectivity index (χ3n) is 4.27. The lowest BCUT2D eigenvalue weighted by molar-refractivity contribution is -0.0415. The number of nitrogens with two attached hydrogens (primary N) is 1. The van der Waals surface area contributed by atoms with E-state index in [9.17, 15) is 0 Å². The molecule has 0 amide bonds. The van der Waals surface area contributed by atoms with Crippen LogP contribution in [0.3, 0.4) is 0 Å². The number of aromatic nitrogens is 2. The molecule has 108 valence electrons. The Morgan fingerprint density at radius 3 is 2.89 bits per heavy atom. The quantitative estimate of drug-likeness (QED) is 0.890. The molecule has 3 atom stereocenters. The van der Waals surface area contributed by atoms with Gasteiger partial charge in [-0.25, -0.2) is 0 Å². The Hall–Kier alpha value is -1.03. The minimum absolute atomic E-state index is 0.414. The molecule has 1 aliphatic rings. The second kappa shape index (κ2) is 6.42. The highest BCUT2D eigenvalue weighted by Crippen LogP contribution is 2.35. The maximum atomic E-state index is 6.14. The molecule has 2 rings (SSSR count). The van der Waals surface area contributed by atoms with Gasteiger partial charge in [0.25, 0.3) is 0 Å². The van der Waals surface area contributed by atoms with Gasteiger partial charge in [-0.3, -0.25) is 4.68 Å². The maximum Gasteiger partial charge on any atom is 0.145 e. The van der Waals surface area contributed by atoms with Crippen LogP contribution in [0, 0.1) is 17.8 Å². The summed E-state index contributed by atoms with van der Waals surface area (Å²) in [5.74, 6) is 2.78. The average molecular weight is 265 g/mol. The molecule has 1 aliphatic carbocycles. The van der Waals surface area contributed by atoms with Gasteiger partial charge in [-0.1, -0.05) is 27.2 Å². The summed E-state index contributed by atoms with van der Waals surface area (Å²) in [4.78, 5) is 0. The van der Waals surface area contributed by atoms with Gasteiger partial charge >= 0.3 is 0 Å². The Bertz CT molecular complexity index is 388. The molecule has 19 heavy (non-hydrogen) atoms. The first-order valence-electron chi connectivity index (χ1n) is 7.46. The third-order valence-corrected chi connectivity index (χ3v) is 4.27. The number of rotatable bonds is 5. The Morgan fingerprint density at radius 2 is 2.26 bits per heavy atom. The first-order valence-corrected chi connectivity index (χ1v) is 7.46. The van der Waals surface area contributed by atoms with E-state index in [0.717, 1.165) is 19.1 Å². The van der Waals surface area contributed by atoms with Crippen molar-refractivity contribution >= 4 is 5.82 Å². The van der Waals surface area contributed by atoms with Gasteiger partial charge in [-0.2, -0.15) is 5.10 Å². The predicted molar refractivity (Wildman–Crippen MR) is 77.7 cm³/mol. The van der Waals surface area contributed by atoms with Crippen molar-refractivity contribution in [3.63, 3.8) is 0 Å². The van der Waals surface area contributed by atoms with Crippen molar-refractivity contribution in [2.45, 2.75) is 52.7 Å². The highest BCUT2D eigenvalue weighted by Gasteiger charge is 2.31. The first kappa shape index (κ1) is 14.4. The highest BCUT2D eigenvalue weighted by atomic mass is 16.5. The van der Waals surface area contributed by atoms with Gasteiger partial charge in [0.05, 0.1) is 19.3 Å². The van der Waals surface area contributed by atoms with E-state index in [4.69, 9.17) is 10.5 Å². The molecule has 0 aliphatic heterocycles. The molecule has 2 N–H and O–H groups in total.